The Morgan fingerprint density at radius 2 is 2.00 bits per heavy atom. The maximum atomic E-state index is 11.8. The van der Waals surface area contributed by atoms with Crippen LogP contribution in [0.4, 0.5) is 0 Å². The summed E-state index contributed by atoms with van der Waals surface area (Å²) >= 11 is 0. The van der Waals surface area contributed by atoms with Gasteiger partial charge in [0.1, 0.15) is 5.75 Å². The summed E-state index contributed by atoms with van der Waals surface area (Å²) in [6.07, 6.45) is -19.2. The molecule has 0 spiro atoms. The molecule has 20 heavy (non-hydrogen) atoms. The van der Waals surface area contributed by atoms with Crippen molar-refractivity contribution in [2.24, 2.45) is 0 Å². The maximum absolute atomic E-state index is 11.8. The standard InChI is InChI=1S/C17H27NO2/c1-18(2)13-16(17(19)11-5-4-6-12-17)14-7-9-15(20-3)10-8-14/h7-10,16,19H,4-6,11-13H2,1-3H3/i3D3,4D2,5D2,6D2,11D2,12D2,13D2. The maximum Gasteiger partial charge on any atom is 0.118 e. The number of nitrogens with zero attached hydrogens (tertiary/aromatic N) is 1. The molecule has 112 valence electrons. The van der Waals surface area contributed by atoms with Crippen LogP contribution in [-0.4, -0.2) is 43.2 Å². The molecule has 2 rings (SSSR count). The van der Waals surface area contributed by atoms with Crippen molar-refractivity contribution in [2.75, 3.05) is 27.6 Å². The lowest BCUT2D eigenvalue weighted by Gasteiger charge is -2.40. The highest BCUT2D eigenvalue weighted by Gasteiger charge is 2.38. The Hall–Kier alpha value is -1.06. The molecule has 0 aliphatic heterocycles. The van der Waals surface area contributed by atoms with E-state index in [0.717, 1.165) is 29.2 Å². The predicted molar refractivity (Wildman–Crippen MR) is 82.3 cm³/mol. The van der Waals surface area contributed by atoms with Crippen molar-refractivity contribution >= 4 is 0 Å². The van der Waals surface area contributed by atoms with Crippen LogP contribution in [0, 0.1) is 0 Å². The third-order valence-electron chi connectivity index (χ3n) is 2.77. The molecule has 1 fully saturated rings. The van der Waals surface area contributed by atoms with Gasteiger partial charge in [0.05, 0.1) is 16.8 Å². The van der Waals surface area contributed by atoms with E-state index >= 15 is 0 Å². The number of hydrogen-bond acceptors (Lipinski definition) is 3. The minimum atomic E-state index is -3.89. The molecule has 0 heterocycles. The molecule has 1 aromatic carbocycles. The number of ether oxygens (including phenoxy) is 1. The average molecular weight is 292 g/mol. The molecule has 3 heteroatoms. The molecule has 1 N–H and O–H groups in total. The third-order valence-corrected chi connectivity index (χ3v) is 2.77. The van der Waals surface area contributed by atoms with Gasteiger partial charge in [0.25, 0.3) is 0 Å². The molecule has 1 aliphatic carbocycles. The first-order chi connectivity index (χ1) is 15.2. The van der Waals surface area contributed by atoms with E-state index in [2.05, 4.69) is 0 Å². The summed E-state index contributed by atoms with van der Waals surface area (Å²) in [5, 5.41) is 11.8. The summed E-state index contributed by atoms with van der Waals surface area (Å²) < 4.78 is 126. The fourth-order valence-electron chi connectivity index (χ4n) is 1.86. The van der Waals surface area contributed by atoms with Crippen LogP contribution in [0.1, 0.15) is 63.9 Å². The summed E-state index contributed by atoms with van der Waals surface area (Å²) in [6, 6.07) is 4.12. The summed E-state index contributed by atoms with van der Waals surface area (Å²) in [5.41, 5.74) is -4.18. The molecular weight excluding hydrogens is 250 g/mol. The second kappa shape index (κ2) is 6.59. The second-order valence-electron chi connectivity index (χ2n) is 4.52. The van der Waals surface area contributed by atoms with E-state index in [4.69, 9.17) is 25.3 Å². The smallest absolute Gasteiger partial charge is 0.118 e. The van der Waals surface area contributed by atoms with Crippen LogP contribution in [0.5, 0.6) is 5.75 Å². The van der Waals surface area contributed by atoms with Crippen LogP contribution < -0.4 is 4.74 Å². The molecule has 0 aromatic heterocycles. The minimum Gasteiger partial charge on any atom is -0.497 e. The Bertz CT molecular complexity index is 910. The van der Waals surface area contributed by atoms with Crippen molar-refractivity contribution in [3.8, 4) is 5.75 Å². The highest BCUT2D eigenvalue weighted by atomic mass is 16.5. The Morgan fingerprint density at radius 3 is 2.55 bits per heavy atom. The van der Waals surface area contributed by atoms with Crippen molar-refractivity contribution in [1.29, 1.82) is 0 Å². The summed E-state index contributed by atoms with van der Waals surface area (Å²) in [6.45, 7) is -2.86. The van der Waals surface area contributed by atoms with Crippen molar-refractivity contribution in [3.05, 3.63) is 29.8 Å². The molecular formula is C17H27NO2. The van der Waals surface area contributed by atoms with E-state index in [-0.39, 0.29) is 11.3 Å². The van der Waals surface area contributed by atoms with Crippen LogP contribution in [0.15, 0.2) is 24.3 Å². The van der Waals surface area contributed by atoms with Crippen LogP contribution in [0.25, 0.3) is 0 Å². The molecule has 0 bridgehead atoms. The average Bonchev–Trinajstić information content (AvgIpc) is 2.66. The van der Waals surface area contributed by atoms with E-state index < -0.39 is 56.9 Å². The van der Waals surface area contributed by atoms with Crippen molar-refractivity contribution < 1.29 is 30.4 Å². The Labute approximate surface area is 143 Å². The molecule has 0 saturated heterocycles. The minimum absolute atomic E-state index is 0.221. The monoisotopic (exact) mass is 292 g/mol. The largest absolute Gasteiger partial charge is 0.497 e. The van der Waals surface area contributed by atoms with Crippen LogP contribution in [0.2, 0.25) is 0 Å². The molecule has 1 saturated carbocycles. The molecule has 1 unspecified atom stereocenters. The first kappa shape index (κ1) is 4.99. The SMILES string of the molecule is [2H]C([2H])([2H])Oc1ccc(C(C([2H])([2H])N(C)C)C2(O)C([2H])([2H])C([2H])([2H])C([2H])([2H])C([2H])([2H])C2([2H])[2H])cc1. The van der Waals surface area contributed by atoms with E-state index in [9.17, 15) is 5.11 Å². The Kier molecular flexibility index (Phi) is 1.65. The van der Waals surface area contributed by atoms with Crippen LogP contribution in [-0.2, 0) is 0 Å². The first-order valence-corrected chi connectivity index (χ1v) is 5.94. The molecule has 1 aliphatic rings. The van der Waals surface area contributed by atoms with Gasteiger partial charge in [0, 0.05) is 28.9 Å². The lowest BCUT2D eigenvalue weighted by atomic mass is 9.72. The number of rotatable bonds is 5. The lowest BCUT2D eigenvalue weighted by Crippen LogP contribution is -2.42. The van der Waals surface area contributed by atoms with Crippen molar-refractivity contribution in [2.45, 2.75) is 43.4 Å². The number of benzene rings is 1. The number of methoxy groups -OCH3 is 1. The van der Waals surface area contributed by atoms with Gasteiger partial charge in [-0.1, -0.05) is 31.3 Å². The van der Waals surface area contributed by atoms with E-state index in [0.29, 0.717) is 0 Å². The van der Waals surface area contributed by atoms with Crippen molar-refractivity contribution in [1.82, 2.24) is 4.90 Å². The van der Waals surface area contributed by atoms with Gasteiger partial charge in [-0.25, -0.2) is 0 Å². The normalized spacial score (nSPS) is 44.9. The van der Waals surface area contributed by atoms with Gasteiger partial charge in [-0.2, -0.15) is 0 Å². The predicted octanol–water partition coefficient (Wildman–Crippen LogP) is 3.04. The number of hydrogen-bond donors (Lipinski definition) is 1. The lowest BCUT2D eigenvalue weighted by molar-refractivity contribution is -0.0277. The Morgan fingerprint density at radius 1 is 1.35 bits per heavy atom. The molecule has 1 atom stereocenters. The summed E-state index contributed by atoms with van der Waals surface area (Å²) in [7, 11) is -0.481. The van der Waals surface area contributed by atoms with Gasteiger partial charge >= 0.3 is 0 Å². The second-order valence-corrected chi connectivity index (χ2v) is 4.52. The first-order valence-electron chi connectivity index (χ1n) is 13.4. The third kappa shape index (κ3) is 3.53. The highest BCUT2D eigenvalue weighted by Crippen LogP contribution is 2.40. The van der Waals surface area contributed by atoms with Gasteiger partial charge in [-0.15, -0.1) is 0 Å². The quantitative estimate of drug-likeness (QED) is 0.905. The van der Waals surface area contributed by atoms with Crippen LogP contribution in [0.3, 0.4) is 0 Å². The Balaban J connectivity index is 2.94. The van der Waals surface area contributed by atoms with Gasteiger partial charge < -0.3 is 14.7 Å². The molecule has 0 radical (unpaired) electrons. The highest BCUT2D eigenvalue weighted by molar-refractivity contribution is 5.31. The fraction of sp³-hybridized carbons (Fsp3) is 0.647. The van der Waals surface area contributed by atoms with Crippen molar-refractivity contribution in [3.63, 3.8) is 0 Å². The number of aliphatic hydroxyl groups is 1. The zero-order valence-electron chi connectivity index (χ0n) is 26.2. The molecule has 0 amide bonds. The van der Waals surface area contributed by atoms with Gasteiger partial charge in [0.2, 0.25) is 0 Å². The molecule has 1 aromatic rings. The number of likely N-dealkylation sites (N-methyl/N-ethyl adjacent to an activating group) is 1. The van der Waals surface area contributed by atoms with Gasteiger partial charge in [0.15, 0.2) is 0 Å². The summed E-state index contributed by atoms with van der Waals surface area (Å²) in [4.78, 5) is 0.850. The van der Waals surface area contributed by atoms with E-state index in [1.807, 2.05) is 0 Å². The van der Waals surface area contributed by atoms with E-state index in [1.165, 1.54) is 14.1 Å². The fourth-order valence-corrected chi connectivity index (χ4v) is 1.86. The summed E-state index contributed by atoms with van der Waals surface area (Å²) in [5.74, 6) is -2.57. The van der Waals surface area contributed by atoms with Gasteiger partial charge in [-0.05, 0) is 44.5 Å². The topological polar surface area (TPSA) is 32.7 Å². The van der Waals surface area contributed by atoms with Crippen LogP contribution >= 0.6 is 0 Å². The van der Waals surface area contributed by atoms with Gasteiger partial charge in [-0.3, -0.25) is 0 Å². The zero-order chi connectivity index (χ0) is 27.8. The molecule has 3 nitrogen and oxygen atoms in total. The van der Waals surface area contributed by atoms with E-state index in [1.54, 1.807) is 0 Å². The zero-order valence-corrected chi connectivity index (χ0v) is 11.2.